The van der Waals surface area contributed by atoms with Crippen LogP contribution < -0.4 is 0 Å². The zero-order valence-corrected chi connectivity index (χ0v) is 10.1. The highest BCUT2D eigenvalue weighted by Crippen LogP contribution is 2.28. The van der Waals surface area contributed by atoms with Crippen molar-refractivity contribution in [2.24, 2.45) is 0 Å². The molecule has 17 heavy (non-hydrogen) atoms. The number of rotatable bonds is 5. The molecule has 0 saturated heterocycles. The molecular weight excluding hydrogens is 246 g/mol. The van der Waals surface area contributed by atoms with E-state index in [1.54, 1.807) is 0 Å². The lowest BCUT2D eigenvalue weighted by atomic mass is 10.2. The first kappa shape index (κ1) is 13.4. The van der Waals surface area contributed by atoms with E-state index in [0.29, 0.717) is 0 Å². The predicted molar refractivity (Wildman–Crippen MR) is 63.3 cm³/mol. The van der Waals surface area contributed by atoms with Crippen molar-refractivity contribution >= 4 is 23.3 Å². The average molecular weight is 258 g/mol. The van der Waals surface area contributed by atoms with Crippen molar-refractivity contribution in [3.8, 4) is 0 Å². The third kappa shape index (κ3) is 3.42. The molecule has 5 nitrogen and oxygen atoms in total. The fourth-order valence-corrected chi connectivity index (χ4v) is 1.48. The number of unbranched alkanes of at least 4 members (excludes halogenated alkanes) is 1. The van der Waals surface area contributed by atoms with Crippen LogP contribution in [0.25, 0.3) is 0 Å². The van der Waals surface area contributed by atoms with Gasteiger partial charge in [0.25, 0.3) is 5.69 Å². The molecule has 0 aliphatic rings. The maximum absolute atomic E-state index is 11.6. The lowest BCUT2D eigenvalue weighted by Crippen LogP contribution is -2.07. The van der Waals surface area contributed by atoms with Crippen molar-refractivity contribution in [3.63, 3.8) is 0 Å². The maximum atomic E-state index is 11.6. The van der Waals surface area contributed by atoms with Gasteiger partial charge in [-0.2, -0.15) is 0 Å². The van der Waals surface area contributed by atoms with E-state index in [2.05, 4.69) is 0 Å². The molecule has 0 aliphatic heterocycles. The number of hydrogen-bond donors (Lipinski definition) is 0. The highest BCUT2D eigenvalue weighted by molar-refractivity contribution is 6.35. The van der Waals surface area contributed by atoms with E-state index in [0.717, 1.165) is 12.8 Å². The molecule has 92 valence electrons. The summed E-state index contributed by atoms with van der Waals surface area (Å²) in [5.74, 6) is -0.632. The lowest BCUT2D eigenvalue weighted by molar-refractivity contribution is -0.384. The number of hydrogen-bond acceptors (Lipinski definition) is 4. The highest BCUT2D eigenvalue weighted by atomic mass is 35.5. The molecule has 0 amide bonds. The van der Waals surface area contributed by atoms with E-state index < -0.39 is 10.9 Å². The standard InChI is InChI=1S/C11H12ClNO4/c1-2-3-7-17-11(14)8-5-4-6-9(10(8)12)13(15)16/h4-6H,2-3,7H2,1H3. The summed E-state index contributed by atoms with van der Waals surface area (Å²) < 4.78 is 4.94. The molecule has 0 saturated carbocycles. The van der Waals surface area contributed by atoms with Gasteiger partial charge in [0.05, 0.1) is 17.1 Å². The van der Waals surface area contributed by atoms with E-state index in [4.69, 9.17) is 16.3 Å². The summed E-state index contributed by atoms with van der Waals surface area (Å²) in [7, 11) is 0. The van der Waals surface area contributed by atoms with Crippen LogP contribution >= 0.6 is 11.6 Å². The minimum atomic E-state index is -0.634. The number of nitro benzene ring substituents is 1. The second kappa shape index (κ2) is 6.20. The molecule has 0 unspecified atom stereocenters. The van der Waals surface area contributed by atoms with Crippen molar-refractivity contribution in [1.29, 1.82) is 0 Å². The molecule has 0 aromatic heterocycles. The van der Waals surface area contributed by atoms with Gasteiger partial charge in [-0.3, -0.25) is 10.1 Å². The molecule has 0 fully saturated rings. The molecule has 0 heterocycles. The van der Waals surface area contributed by atoms with Gasteiger partial charge in [-0.25, -0.2) is 4.79 Å². The van der Waals surface area contributed by atoms with Crippen molar-refractivity contribution in [2.45, 2.75) is 19.8 Å². The fourth-order valence-electron chi connectivity index (χ4n) is 1.21. The smallest absolute Gasteiger partial charge is 0.339 e. The van der Waals surface area contributed by atoms with Crippen LogP contribution in [0.15, 0.2) is 18.2 Å². The van der Waals surface area contributed by atoms with Crippen LogP contribution in [0.4, 0.5) is 5.69 Å². The number of carbonyl (C=O) groups excluding carboxylic acids is 1. The van der Waals surface area contributed by atoms with E-state index in [-0.39, 0.29) is 22.9 Å². The van der Waals surface area contributed by atoms with Gasteiger partial charge in [0.15, 0.2) is 0 Å². The predicted octanol–water partition coefficient (Wildman–Crippen LogP) is 3.21. The molecule has 0 bridgehead atoms. The number of nitro groups is 1. The second-order valence-electron chi connectivity index (χ2n) is 3.39. The quantitative estimate of drug-likeness (QED) is 0.351. The van der Waals surface area contributed by atoms with Crippen molar-refractivity contribution in [3.05, 3.63) is 38.9 Å². The Balaban J connectivity index is 2.87. The van der Waals surface area contributed by atoms with Crippen LogP contribution in [-0.2, 0) is 4.74 Å². The summed E-state index contributed by atoms with van der Waals surface area (Å²) in [6.45, 7) is 2.25. The molecule has 0 aliphatic carbocycles. The van der Waals surface area contributed by atoms with Gasteiger partial charge < -0.3 is 4.74 Å². The summed E-state index contributed by atoms with van der Waals surface area (Å²) >= 11 is 5.77. The van der Waals surface area contributed by atoms with Gasteiger partial charge in [-0.1, -0.05) is 31.0 Å². The third-order valence-corrected chi connectivity index (χ3v) is 2.52. The highest BCUT2D eigenvalue weighted by Gasteiger charge is 2.20. The summed E-state index contributed by atoms with van der Waals surface area (Å²) in [6, 6.07) is 4.05. The van der Waals surface area contributed by atoms with Crippen molar-refractivity contribution < 1.29 is 14.5 Å². The second-order valence-corrected chi connectivity index (χ2v) is 3.76. The minimum absolute atomic E-state index is 0.0250. The molecule has 0 radical (unpaired) electrons. The van der Waals surface area contributed by atoms with E-state index in [1.165, 1.54) is 18.2 Å². The van der Waals surface area contributed by atoms with E-state index >= 15 is 0 Å². The topological polar surface area (TPSA) is 69.4 Å². The average Bonchev–Trinajstić information content (AvgIpc) is 2.29. The van der Waals surface area contributed by atoms with Gasteiger partial charge in [0.2, 0.25) is 0 Å². The van der Waals surface area contributed by atoms with Crippen LogP contribution in [-0.4, -0.2) is 17.5 Å². The number of ether oxygens (including phenoxy) is 1. The normalized spacial score (nSPS) is 10.0. The summed E-state index contributed by atoms with van der Waals surface area (Å²) in [5.41, 5.74) is -0.270. The number of halogens is 1. The van der Waals surface area contributed by atoms with Gasteiger partial charge >= 0.3 is 5.97 Å². The monoisotopic (exact) mass is 257 g/mol. The first-order valence-corrected chi connectivity index (χ1v) is 5.55. The Morgan fingerprint density at radius 3 is 2.82 bits per heavy atom. The van der Waals surface area contributed by atoms with E-state index in [9.17, 15) is 14.9 Å². The molecule has 1 aromatic carbocycles. The van der Waals surface area contributed by atoms with Gasteiger partial charge in [-0.15, -0.1) is 0 Å². The fraction of sp³-hybridized carbons (Fsp3) is 0.364. The molecule has 6 heteroatoms. The Bertz CT molecular complexity index is 433. The number of carbonyl (C=O) groups is 1. The number of benzene rings is 1. The molecular formula is C11H12ClNO4. The third-order valence-electron chi connectivity index (χ3n) is 2.13. The van der Waals surface area contributed by atoms with Crippen LogP contribution in [0, 0.1) is 10.1 Å². The zero-order valence-electron chi connectivity index (χ0n) is 9.31. The van der Waals surface area contributed by atoms with Crippen molar-refractivity contribution in [1.82, 2.24) is 0 Å². The lowest BCUT2D eigenvalue weighted by Gasteiger charge is -2.05. The zero-order chi connectivity index (χ0) is 12.8. The summed E-state index contributed by atoms with van der Waals surface area (Å²) in [4.78, 5) is 21.6. The van der Waals surface area contributed by atoms with Crippen LogP contribution in [0.5, 0.6) is 0 Å². The summed E-state index contributed by atoms with van der Waals surface area (Å²) in [6.07, 6.45) is 1.65. The van der Waals surface area contributed by atoms with Crippen LogP contribution in [0.1, 0.15) is 30.1 Å². The molecule has 1 aromatic rings. The first-order valence-electron chi connectivity index (χ1n) is 5.18. The SMILES string of the molecule is CCCCOC(=O)c1cccc([N+](=O)[O-])c1Cl. The molecule has 0 atom stereocenters. The Morgan fingerprint density at radius 2 is 2.24 bits per heavy atom. The Hall–Kier alpha value is -1.62. The molecule has 0 spiro atoms. The molecule has 1 rings (SSSR count). The van der Waals surface area contributed by atoms with E-state index in [1.807, 2.05) is 6.92 Å². The maximum Gasteiger partial charge on any atom is 0.339 e. The largest absolute Gasteiger partial charge is 0.462 e. The summed E-state index contributed by atoms with van der Waals surface area (Å²) in [5, 5.41) is 10.4. The van der Waals surface area contributed by atoms with Crippen molar-refractivity contribution in [2.75, 3.05) is 6.61 Å². The van der Waals surface area contributed by atoms with Gasteiger partial charge in [0.1, 0.15) is 5.02 Å². The number of esters is 1. The van der Waals surface area contributed by atoms with Gasteiger partial charge in [0, 0.05) is 6.07 Å². The number of nitrogens with zero attached hydrogens (tertiary/aromatic N) is 1. The van der Waals surface area contributed by atoms with Crippen LogP contribution in [0.3, 0.4) is 0 Å². The Labute approximate surface area is 103 Å². The molecule has 0 N–H and O–H groups in total. The minimum Gasteiger partial charge on any atom is -0.462 e. The van der Waals surface area contributed by atoms with Crippen LogP contribution in [0.2, 0.25) is 5.02 Å². The Kier molecular flexibility index (Phi) is 4.90. The Morgan fingerprint density at radius 1 is 1.53 bits per heavy atom. The van der Waals surface area contributed by atoms with Gasteiger partial charge in [-0.05, 0) is 12.5 Å². The first-order chi connectivity index (χ1) is 8.07.